The molecule has 50 heavy (non-hydrogen) atoms. The molecule has 1 saturated heterocycles. The summed E-state index contributed by atoms with van der Waals surface area (Å²) in [7, 11) is 2.81. The first kappa shape index (κ1) is 36.7. The molecule has 0 aliphatic carbocycles. The molecule has 0 spiro atoms. The summed E-state index contributed by atoms with van der Waals surface area (Å²) in [6.45, 7) is 4.82. The van der Waals surface area contributed by atoms with E-state index in [0.717, 1.165) is 33.3 Å². The van der Waals surface area contributed by atoms with Crippen molar-refractivity contribution in [3.8, 4) is 11.3 Å². The van der Waals surface area contributed by atoms with Gasteiger partial charge in [0.2, 0.25) is 0 Å². The monoisotopic (exact) mass is 739 g/mol. The molecule has 0 unspecified atom stereocenters. The van der Waals surface area contributed by atoms with Crippen LogP contribution in [-0.4, -0.2) is 60.4 Å². The Morgan fingerprint density at radius 1 is 1.02 bits per heavy atom. The molecule has 1 N–H and O–H groups in total. The van der Waals surface area contributed by atoms with E-state index in [2.05, 4.69) is 4.99 Å². The number of hydrogen-bond donors (Lipinski definition) is 1. The molecule has 4 aromatic rings. The lowest BCUT2D eigenvalue weighted by molar-refractivity contribution is -0.153. The van der Waals surface area contributed by atoms with Crippen molar-refractivity contribution in [2.45, 2.75) is 58.4 Å². The molecule has 1 aliphatic heterocycles. The zero-order valence-electron chi connectivity index (χ0n) is 27.6. The van der Waals surface area contributed by atoms with Crippen LogP contribution in [0.3, 0.4) is 0 Å². The van der Waals surface area contributed by atoms with Gasteiger partial charge in [0.05, 0.1) is 28.5 Å². The molecule has 4 heterocycles. The molecule has 1 aliphatic rings. The van der Waals surface area contributed by atoms with Gasteiger partial charge in [-0.1, -0.05) is 6.07 Å². The van der Waals surface area contributed by atoms with Gasteiger partial charge in [0.25, 0.3) is 11.5 Å². The fraction of sp³-hybridized carbons (Fsp3) is 0.438. The Labute approximate surface area is 289 Å². The molecule has 0 bridgehead atoms. The summed E-state index contributed by atoms with van der Waals surface area (Å²) in [6.07, 6.45) is -6.00. The molecular formula is C32H33F4N5O7S2. The minimum atomic E-state index is -4.95. The maximum Gasteiger partial charge on any atom is 0.419 e. The summed E-state index contributed by atoms with van der Waals surface area (Å²) in [6, 6.07) is 2.31. The molecule has 0 saturated carbocycles. The van der Waals surface area contributed by atoms with Crippen LogP contribution in [0.25, 0.3) is 21.5 Å². The molecule has 3 aromatic heterocycles. The number of nitrogens with zero attached hydrogens (tertiary/aromatic N) is 5. The number of thiazole rings is 1. The number of benzene rings is 1. The summed E-state index contributed by atoms with van der Waals surface area (Å²) >= 11 is 2.00. The summed E-state index contributed by atoms with van der Waals surface area (Å²) < 4.78 is 63.8. The molecule has 2 amide bonds. The lowest BCUT2D eigenvalue weighted by Gasteiger charge is -2.39. The van der Waals surface area contributed by atoms with Crippen molar-refractivity contribution in [2.75, 3.05) is 13.1 Å². The van der Waals surface area contributed by atoms with E-state index in [1.54, 1.807) is 26.2 Å². The number of thiophene rings is 1. The van der Waals surface area contributed by atoms with Gasteiger partial charge in [0, 0.05) is 44.7 Å². The van der Waals surface area contributed by atoms with E-state index in [-0.39, 0.29) is 60.3 Å². The Hall–Kier alpha value is -4.58. The highest BCUT2D eigenvalue weighted by Crippen LogP contribution is 2.37. The molecule has 1 aromatic carbocycles. The van der Waals surface area contributed by atoms with Gasteiger partial charge in [-0.15, -0.1) is 22.7 Å². The first-order chi connectivity index (χ1) is 23.2. The number of carboxylic acids is 1. The van der Waals surface area contributed by atoms with E-state index in [4.69, 9.17) is 4.74 Å². The number of hydrogen-bond acceptors (Lipinski definition) is 8. The van der Waals surface area contributed by atoms with Crippen molar-refractivity contribution >= 4 is 50.9 Å². The largest absolute Gasteiger partial charge is 0.481 e. The van der Waals surface area contributed by atoms with E-state index in [9.17, 15) is 46.6 Å². The van der Waals surface area contributed by atoms with E-state index < -0.39 is 57.8 Å². The fourth-order valence-electron chi connectivity index (χ4n) is 5.76. The third-order valence-electron chi connectivity index (χ3n) is 8.46. The van der Waals surface area contributed by atoms with Gasteiger partial charge in [0.15, 0.2) is 4.80 Å². The maximum atomic E-state index is 14.7. The molecule has 268 valence electrons. The van der Waals surface area contributed by atoms with Gasteiger partial charge in [-0.05, 0) is 56.7 Å². The van der Waals surface area contributed by atoms with E-state index in [1.807, 2.05) is 0 Å². The standard InChI is InChI=1S/C32H33F4N5O7S2/c1-30(2,3)48-29(47)40-10-8-31(9-11-40,26(44)45)16-41-21(17-6-7-19(20(33)12-17)32(34,35)36)15-50-27(41)37-22(42)13-18-14-49-25-23(18)24(43)38(4)28(46)39(25)5/h6-7,12,14-15H,8-11,13,16H2,1-5H3,(H,44,45). The van der Waals surface area contributed by atoms with Crippen molar-refractivity contribution in [3.05, 3.63) is 71.5 Å². The number of carboxylic acid groups (broad SMARTS) is 1. The van der Waals surface area contributed by atoms with Crippen LogP contribution in [0.5, 0.6) is 0 Å². The molecule has 12 nitrogen and oxygen atoms in total. The highest BCUT2D eigenvalue weighted by atomic mass is 32.1. The summed E-state index contributed by atoms with van der Waals surface area (Å²) in [4.78, 5) is 70.2. The normalized spacial score (nSPS) is 15.5. The number of carbonyl (C=O) groups is 3. The van der Waals surface area contributed by atoms with Crippen molar-refractivity contribution in [2.24, 2.45) is 24.5 Å². The maximum absolute atomic E-state index is 14.7. The topological polar surface area (TPSA) is 145 Å². The number of aromatic nitrogens is 3. The zero-order chi connectivity index (χ0) is 36.9. The van der Waals surface area contributed by atoms with Gasteiger partial charge in [-0.3, -0.25) is 23.5 Å². The number of aryl methyl sites for hydroxylation is 1. The number of aliphatic carboxylic acids is 1. The minimum Gasteiger partial charge on any atom is -0.481 e. The second-order valence-corrected chi connectivity index (χ2v) is 14.8. The van der Waals surface area contributed by atoms with Gasteiger partial charge in [-0.2, -0.15) is 18.2 Å². The number of amides is 2. The van der Waals surface area contributed by atoms with Gasteiger partial charge in [0.1, 0.15) is 16.2 Å². The number of rotatable bonds is 6. The highest BCUT2D eigenvalue weighted by Gasteiger charge is 2.44. The number of ether oxygens (including phenoxy) is 1. The molecule has 1 fully saturated rings. The smallest absolute Gasteiger partial charge is 0.419 e. The Morgan fingerprint density at radius 3 is 2.26 bits per heavy atom. The number of alkyl halides is 3. The fourth-order valence-corrected chi connectivity index (χ4v) is 7.71. The second kappa shape index (κ2) is 13.3. The van der Waals surface area contributed by atoms with Crippen LogP contribution in [0, 0.1) is 11.2 Å². The average Bonchev–Trinajstić information content (AvgIpc) is 3.61. The predicted octanol–water partition coefficient (Wildman–Crippen LogP) is 4.76. The second-order valence-electron chi connectivity index (χ2n) is 13.1. The van der Waals surface area contributed by atoms with E-state index in [0.29, 0.717) is 22.5 Å². The van der Waals surface area contributed by atoms with Crippen LogP contribution in [0.4, 0.5) is 22.4 Å². The summed E-state index contributed by atoms with van der Waals surface area (Å²) in [5, 5.41) is 13.7. The predicted molar refractivity (Wildman–Crippen MR) is 176 cm³/mol. The first-order valence-corrected chi connectivity index (χ1v) is 17.0. The van der Waals surface area contributed by atoms with Crippen molar-refractivity contribution in [3.63, 3.8) is 0 Å². The third-order valence-corrected chi connectivity index (χ3v) is 10.4. The van der Waals surface area contributed by atoms with E-state index >= 15 is 0 Å². The van der Waals surface area contributed by atoms with Crippen molar-refractivity contribution < 1.29 is 41.8 Å². The van der Waals surface area contributed by atoms with Crippen LogP contribution in [0.1, 0.15) is 44.7 Å². The zero-order valence-corrected chi connectivity index (χ0v) is 29.2. The van der Waals surface area contributed by atoms with Crippen LogP contribution >= 0.6 is 22.7 Å². The van der Waals surface area contributed by atoms with Crippen LogP contribution in [0.15, 0.2) is 43.5 Å². The molecule has 0 radical (unpaired) electrons. The molecule has 5 rings (SSSR count). The Kier molecular flexibility index (Phi) is 9.74. The number of halogens is 4. The number of fused-ring (bicyclic) bond motifs is 1. The van der Waals surface area contributed by atoms with Gasteiger partial charge >= 0.3 is 23.9 Å². The van der Waals surface area contributed by atoms with Gasteiger partial charge in [-0.25, -0.2) is 14.0 Å². The quantitative estimate of drug-likeness (QED) is 0.281. The third kappa shape index (κ3) is 7.17. The van der Waals surface area contributed by atoms with Crippen LogP contribution in [-0.2, 0) is 47.6 Å². The summed E-state index contributed by atoms with van der Waals surface area (Å²) in [5.74, 6) is -3.49. The van der Waals surface area contributed by atoms with Crippen molar-refractivity contribution in [1.82, 2.24) is 18.6 Å². The molecule has 0 atom stereocenters. The number of piperidine rings is 1. The minimum absolute atomic E-state index is 0.0133. The number of carbonyl (C=O) groups excluding carboxylic acids is 2. The first-order valence-electron chi connectivity index (χ1n) is 15.2. The highest BCUT2D eigenvalue weighted by molar-refractivity contribution is 7.17. The SMILES string of the molecule is Cn1c(=O)c2c(CC(=O)N=c3scc(-c4ccc(C(F)(F)F)c(F)c4)n3CC3(C(=O)O)CCN(C(=O)OC(C)(C)C)CC3)csc2n(C)c1=O. The average molecular weight is 740 g/mol. The van der Waals surface area contributed by atoms with Crippen LogP contribution < -0.4 is 16.1 Å². The van der Waals surface area contributed by atoms with Gasteiger partial charge < -0.3 is 19.3 Å². The lowest BCUT2D eigenvalue weighted by atomic mass is 9.78. The Balaban J connectivity index is 1.56. The van der Waals surface area contributed by atoms with Crippen LogP contribution in [0.2, 0.25) is 0 Å². The lowest BCUT2D eigenvalue weighted by Crippen LogP contribution is -2.50. The molecular weight excluding hydrogens is 707 g/mol. The number of likely N-dealkylation sites (tertiary alicyclic amines) is 1. The molecule has 18 heteroatoms. The van der Waals surface area contributed by atoms with Crippen molar-refractivity contribution in [1.29, 1.82) is 0 Å². The Morgan fingerprint density at radius 2 is 1.68 bits per heavy atom. The summed E-state index contributed by atoms with van der Waals surface area (Å²) in [5.41, 5.74) is -4.48. The van der Waals surface area contributed by atoms with E-state index in [1.165, 1.54) is 33.5 Å². The Bertz CT molecular complexity index is 2200.